The first kappa shape index (κ1) is 16.7. The van der Waals surface area contributed by atoms with Gasteiger partial charge in [0.15, 0.2) is 5.13 Å². The molecule has 20 heavy (non-hydrogen) atoms. The highest BCUT2D eigenvalue weighted by molar-refractivity contribution is 7.18. The largest absolute Gasteiger partial charge is 0.396 e. The third kappa shape index (κ3) is 3.83. The molecule has 2 unspecified atom stereocenters. The van der Waals surface area contributed by atoms with Gasteiger partial charge in [0, 0.05) is 25.7 Å². The molecule has 0 saturated carbocycles. The standard InChI is InChI=1S/C13H24N4O2S/c1-5-17(6-2)13-16-11(14)10(20-13)12(19)15-9(4)8(3)7-18/h8-9,18H,5-7,14H2,1-4H3,(H,15,19). The molecule has 1 amide bonds. The molecule has 4 N–H and O–H groups in total. The second-order valence-electron chi connectivity index (χ2n) is 4.81. The lowest BCUT2D eigenvalue weighted by atomic mass is 10.1. The average molecular weight is 300 g/mol. The Hall–Kier alpha value is -1.34. The molecule has 0 aliphatic carbocycles. The molecule has 0 radical (unpaired) electrons. The predicted molar refractivity (Wildman–Crippen MR) is 83.3 cm³/mol. The molecule has 1 aromatic rings. The van der Waals surface area contributed by atoms with Gasteiger partial charge in [-0.2, -0.15) is 0 Å². The summed E-state index contributed by atoms with van der Waals surface area (Å²) in [5, 5.41) is 12.7. The van der Waals surface area contributed by atoms with E-state index in [4.69, 9.17) is 10.8 Å². The van der Waals surface area contributed by atoms with Gasteiger partial charge in [-0.25, -0.2) is 4.98 Å². The zero-order valence-electron chi connectivity index (χ0n) is 12.5. The molecule has 0 aromatic carbocycles. The Morgan fingerprint density at radius 3 is 2.55 bits per heavy atom. The number of nitrogens with one attached hydrogen (secondary N) is 1. The molecule has 1 rings (SSSR count). The molecule has 1 heterocycles. The van der Waals surface area contributed by atoms with Gasteiger partial charge in [-0.1, -0.05) is 18.3 Å². The van der Waals surface area contributed by atoms with E-state index in [2.05, 4.69) is 15.2 Å². The highest BCUT2D eigenvalue weighted by Crippen LogP contribution is 2.28. The number of aromatic nitrogens is 1. The first-order valence-electron chi connectivity index (χ1n) is 6.87. The number of amides is 1. The number of aliphatic hydroxyl groups excluding tert-OH is 1. The smallest absolute Gasteiger partial charge is 0.265 e. The fraction of sp³-hybridized carbons (Fsp3) is 0.692. The van der Waals surface area contributed by atoms with Crippen molar-refractivity contribution in [1.82, 2.24) is 10.3 Å². The van der Waals surface area contributed by atoms with Crippen LogP contribution in [0.2, 0.25) is 0 Å². The molecule has 0 aliphatic heterocycles. The third-order valence-electron chi connectivity index (χ3n) is 3.38. The SMILES string of the molecule is CCN(CC)c1nc(N)c(C(=O)NC(C)C(C)CO)s1. The summed E-state index contributed by atoms with van der Waals surface area (Å²) in [5.41, 5.74) is 5.84. The molecule has 6 nitrogen and oxygen atoms in total. The van der Waals surface area contributed by atoms with E-state index in [1.54, 1.807) is 0 Å². The highest BCUT2D eigenvalue weighted by atomic mass is 32.1. The summed E-state index contributed by atoms with van der Waals surface area (Å²) in [4.78, 5) is 18.9. The quantitative estimate of drug-likeness (QED) is 0.706. The Kier molecular flexibility index (Phi) is 6.22. The Labute approximate surface area is 124 Å². The number of nitrogen functional groups attached to an aromatic ring is 1. The van der Waals surface area contributed by atoms with Crippen LogP contribution in [0.1, 0.15) is 37.4 Å². The van der Waals surface area contributed by atoms with Gasteiger partial charge in [-0.05, 0) is 26.7 Å². The number of carbonyl (C=O) groups excluding carboxylic acids is 1. The summed E-state index contributed by atoms with van der Waals surface area (Å²) in [6.45, 7) is 9.48. The zero-order valence-corrected chi connectivity index (χ0v) is 13.3. The van der Waals surface area contributed by atoms with E-state index in [0.29, 0.717) is 4.88 Å². The van der Waals surface area contributed by atoms with Crippen LogP contribution in [0, 0.1) is 5.92 Å². The molecule has 2 atom stereocenters. The van der Waals surface area contributed by atoms with Crippen LogP contribution in [0.25, 0.3) is 0 Å². The Morgan fingerprint density at radius 2 is 2.05 bits per heavy atom. The van der Waals surface area contributed by atoms with Crippen LogP contribution >= 0.6 is 11.3 Å². The van der Waals surface area contributed by atoms with Crippen LogP contribution in [-0.2, 0) is 0 Å². The maximum Gasteiger partial charge on any atom is 0.265 e. The first-order chi connectivity index (χ1) is 9.44. The summed E-state index contributed by atoms with van der Waals surface area (Å²) >= 11 is 1.30. The number of nitrogens with two attached hydrogens (primary N) is 1. The monoisotopic (exact) mass is 300 g/mol. The van der Waals surface area contributed by atoms with Crippen molar-refractivity contribution >= 4 is 28.2 Å². The van der Waals surface area contributed by atoms with Gasteiger partial charge in [0.1, 0.15) is 10.7 Å². The fourth-order valence-electron chi connectivity index (χ4n) is 1.68. The summed E-state index contributed by atoms with van der Waals surface area (Å²) in [6.07, 6.45) is 0. The van der Waals surface area contributed by atoms with Crippen molar-refractivity contribution in [3.05, 3.63) is 4.88 Å². The van der Waals surface area contributed by atoms with Crippen LogP contribution in [0.5, 0.6) is 0 Å². The van der Waals surface area contributed by atoms with Gasteiger partial charge in [0.05, 0.1) is 0 Å². The lowest BCUT2D eigenvalue weighted by Gasteiger charge is -2.18. The third-order valence-corrected chi connectivity index (χ3v) is 4.51. The molecule has 0 spiro atoms. The van der Waals surface area contributed by atoms with E-state index in [9.17, 15) is 4.79 Å². The van der Waals surface area contributed by atoms with E-state index < -0.39 is 0 Å². The summed E-state index contributed by atoms with van der Waals surface area (Å²) in [5.74, 6) is 0.0276. The van der Waals surface area contributed by atoms with Crippen molar-refractivity contribution < 1.29 is 9.90 Å². The Morgan fingerprint density at radius 1 is 1.45 bits per heavy atom. The second-order valence-corrected chi connectivity index (χ2v) is 5.78. The van der Waals surface area contributed by atoms with Gasteiger partial charge in [-0.15, -0.1) is 0 Å². The molecule has 0 saturated heterocycles. The number of hydrogen-bond acceptors (Lipinski definition) is 6. The summed E-state index contributed by atoms with van der Waals surface area (Å²) < 4.78 is 0. The normalized spacial score (nSPS) is 13.8. The van der Waals surface area contributed by atoms with Gasteiger partial charge < -0.3 is 21.1 Å². The molecular formula is C13H24N4O2S. The van der Waals surface area contributed by atoms with Gasteiger partial charge in [-0.3, -0.25) is 4.79 Å². The number of carbonyl (C=O) groups is 1. The number of anilines is 2. The Balaban J connectivity index is 2.83. The fourth-order valence-corrected chi connectivity index (χ4v) is 2.70. The number of rotatable bonds is 7. The number of thiazole rings is 1. The van der Waals surface area contributed by atoms with E-state index in [1.165, 1.54) is 11.3 Å². The first-order valence-corrected chi connectivity index (χ1v) is 7.69. The minimum absolute atomic E-state index is 0.00431. The number of aliphatic hydroxyl groups is 1. The molecule has 0 fully saturated rings. The van der Waals surface area contributed by atoms with Crippen molar-refractivity contribution in [2.45, 2.75) is 33.7 Å². The van der Waals surface area contributed by atoms with Gasteiger partial charge >= 0.3 is 0 Å². The van der Waals surface area contributed by atoms with Gasteiger partial charge in [0.2, 0.25) is 0 Å². The molecule has 1 aromatic heterocycles. The number of nitrogens with zero attached hydrogens (tertiary/aromatic N) is 2. The molecule has 114 valence electrons. The van der Waals surface area contributed by atoms with Crippen LogP contribution in [0.15, 0.2) is 0 Å². The van der Waals surface area contributed by atoms with Crippen LogP contribution in [-0.4, -0.2) is 41.7 Å². The minimum atomic E-state index is -0.230. The summed E-state index contributed by atoms with van der Waals surface area (Å²) in [6, 6.07) is -0.120. The average Bonchev–Trinajstić information content (AvgIpc) is 2.81. The predicted octanol–water partition coefficient (Wildman–Crippen LogP) is 1.32. The van der Waals surface area contributed by atoms with E-state index in [0.717, 1.165) is 18.2 Å². The maximum atomic E-state index is 12.2. The maximum absolute atomic E-state index is 12.2. The van der Waals surface area contributed by atoms with Gasteiger partial charge in [0.25, 0.3) is 5.91 Å². The second kappa shape index (κ2) is 7.44. The van der Waals surface area contributed by atoms with Crippen molar-refractivity contribution in [2.75, 3.05) is 30.3 Å². The minimum Gasteiger partial charge on any atom is -0.396 e. The van der Waals surface area contributed by atoms with Crippen LogP contribution < -0.4 is 16.0 Å². The van der Waals surface area contributed by atoms with Crippen LogP contribution in [0.4, 0.5) is 10.9 Å². The number of hydrogen-bond donors (Lipinski definition) is 3. The molecular weight excluding hydrogens is 276 g/mol. The van der Waals surface area contributed by atoms with E-state index in [-0.39, 0.29) is 30.3 Å². The lowest BCUT2D eigenvalue weighted by molar-refractivity contribution is 0.0921. The Bertz CT molecular complexity index is 446. The van der Waals surface area contributed by atoms with Crippen molar-refractivity contribution in [1.29, 1.82) is 0 Å². The van der Waals surface area contributed by atoms with Crippen LogP contribution in [0.3, 0.4) is 0 Å². The van der Waals surface area contributed by atoms with E-state index >= 15 is 0 Å². The van der Waals surface area contributed by atoms with Crippen molar-refractivity contribution in [3.8, 4) is 0 Å². The van der Waals surface area contributed by atoms with Crippen molar-refractivity contribution in [3.63, 3.8) is 0 Å². The lowest BCUT2D eigenvalue weighted by Crippen LogP contribution is -2.38. The molecule has 0 bridgehead atoms. The zero-order chi connectivity index (χ0) is 15.3. The molecule has 7 heteroatoms. The highest BCUT2D eigenvalue weighted by Gasteiger charge is 2.21. The molecule has 0 aliphatic rings. The topological polar surface area (TPSA) is 91.5 Å². The van der Waals surface area contributed by atoms with Crippen molar-refractivity contribution in [2.24, 2.45) is 5.92 Å². The van der Waals surface area contributed by atoms with E-state index in [1.807, 2.05) is 27.7 Å². The summed E-state index contributed by atoms with van der Waals surface area (Å²) in [7, 11) is 0.